The summed E-state index contributed by atoms with van der Waals surface area (Å²) in [6.45, 7) is 20.2. The second kappa shape index (κ2) is 23.6. The van der Waals surface area contributed by atoms with Gasteiger partial charge in [-0.1, -0.05) is 287 Å². The molecule has 108 heavy (non-hydrogen) atoms. The molecule has 3 aromatic heterocycles. The van der Waals surface area contributed by atoms with E-state index < -0.39 is 12.1 Å². The molecule has 516 valence electrons. The lowest BCUT2D eigenvalue weighted by atomic mass is 9.36. The van der Waals surface area contributed by atoms with Crippen LogP contribution in [0.25, 0.3) is 142 Å². The van der Waals surface area contributed by atoms with E-state index in [0.717, 1.165) is 137 Å². The van der Waals surface area contributed by atoms with Crippen LogP contribution in [0, 0.1) is 0 Å². The molecule has 2 aliphatic heterocycles. The highest BCUT2D eigenvalue weighted by molar-refractivity contribution is 7.33. The minimum Gasteiger partial charge on any atom is -0.310 e. The summed E-state index contributed by atoms with van der Waals surface area (Å²) in [7, 11) is 0. The number of hydrogen-bond donors (Lipinski definition) is 0. The first-order valence-electron chi connectivity index (χ1n) is 39.4. The van der Waals surface area contributed by atoms with Crippen molar-refractivity contribution in [3.63, 3.8) is 0 Å². The van der Waals surface area contributed by atoms with Crippen molar-refractivity contribution in [3.05, 3.63) is 332 Å². The second-order valence-corrected chi connectivity index (χ2v) is 34.0. The molecule has 0 amide bonds. The zero-order valence-corrected chi connectivity index (χ0v) is 62.9. The number of fused-ring (bicyclic) bond motifs is 13. The highest BCUT2D eigenvalue weighted by Crippen LogP contribution is 2.58. The Bertz CT molecular complexity index is 6930. The van der Waals surface area contributed by atoms with Gasteiger partial charge in [-0.15, -0.1) is 11.3 Å². The minimum absolute atomic E-state index is 0.00368. The smallest absolute Gasteiger partial charge is 0.264 e. The van der Waals surface area contributed by atoms with Crippen molar-refractivity contribution >= 4 is 154 Å². The molecule has 2 aliphatic rings. The molecule has 0 saturated carbocycles. The highest BCUT2D eigenvalue weighted by atomic mass is 32.1. The fourth-order valence-electron chi connectivity index (χ4n) is 18.1. The van der Waals surface area contributed by atoms with E-state index in [2.05, 4.69) is 378 Å². The molecule has 0 unspecified atom stereocenters. The Labute approximate surface area is 639 Å². The fraction of sp³-hybridized carbons (Fsp3) is 0.118. The summed E-state index contributed by atoms with van der Waals surface area (Å²) < 4.78 is 41.1. The van der Waals surface area contributed by atoms with Crippen molar-refractivity contribution in [2.75, 3.05) is 9.80 Å². The topological polar surface area (TPSA) is 16.3 Å². The molecule has 0 saturated heterocycles. The molecular formula is C102H79BN4S. The number of rotatable bonds is 8. The molecule has 0 aliphatic carbocycles. The standard InChI is InChI=1S/C102H79BN4S/c1-100(2,3)69-54-79(62-29-14-10-15-30-62)96(80(55-69)63-31-16-11-17-32-63)106-87-60-72(104-84-42-25-22-39-74(84)75-40-23-26-43-85(75)104)49-52-83(87)103-95-89(106)58-71(102(7,8)9)59-90(95)107(97-81(64-33-18-12-19-34-64)56-70(101(4,5)6)57-82(97)65-35-20-13-21-36-65)98-77-51-48-73(61-91(77)108-99(98)103)105-86-44-27-24-41-76(86)94-78-50-47-67-38-28-37-66-45-46-68(53-88(94)105)93(78)92(66)67/h10-61H,1-9H3/i49D,52D,60D. The van der Waals surface area contributed by atoms with Crippen molar-refractivity contribution in [2.24, 2.45) is 0 Å². The summed E-state index contributed by atoms with van der Waals surface area (Å²) in [5, 5.41) is 13.0. The summed E-state index contributed by atoms with van der Waals surface area (Å²) >= 11 is 1.79. The maximum absolute atomic E-state index is 11.8. The van der Waals surface area contributed by atoms with Gasteiger partial charge in [-0.05, 0) is 189 Å². The predicted octanol–water partition coefficient (Wildman–Crippen LogP) is 26.6. The Kier molecular flexibility index (Phi) is 13.4. The Morgan fingerprint density at radius 2 is 0.750 bits per heavy atom. The Hall–Kier alpha value is -12.2. The quantitative estimate of drug-likeness (QED) is 0.111. The first-order valence-corrected chi connectivity index (χ1v) is 38.7. The zero-order chi connectivity index (χ0) is 75.4. The van der Waals surface area contributed by atoms with Crippen LogP contribution in [0.15, 0.2) is 315 Å². The van der Waals surface area contributed by atoms with E-state index in [1.807, 2.05) is 0 Å². The summed E-state index contributed by atoms with van der Waals surface area (Å²) in [6, 6.07) is 110. The number of aromatic nitrogens is 2. The fourth-order valence-corrected chi connectivity index (χ4v) is 19.4. The third-order valence-electron chi connectivity index (χ3n) is 23.3. The maximum Gasteiger partial charge on any atom is 0.264 e. The van der Waals surface area contributed by atoms with Crippen molar-refractivity contribution in [1.82, 2.24) is 9.13 Å². The monoisotopic (exact) mass is 1410 g/mol. The Morgan fingerprint density at radius 1 is 0.315 bits per heavy atom. The van der Waals surface area contributed by atoms with Gasteiger partial charge in [-0.25, -0.2) is 0 Å². The molecule has 0 fully saturated rings. The molecule has 16 aromatic carbocycles. The van der Waals surface area contributed by atoms with E-state index in [1.165, 1.54) is 54.2 Å². The molecule has 0 radical (unpaired) electrons. The van der Waals surface area contributed by atoms with E-state index in [4.69, 9.17) is 0 Å². The van der Waals surface area contributed by atoms with Crippen molar-refractivity contribution in [2.45, 2.75) is 78.6 Å². The molecule has 0 bridgehead atoms. The average Bonchev–Trinajstić information content (AvgIpc) is 1.67. The molecule has 21 rings (SSSR count). The molecule has 6 heteroatoms. The Balaban J connectivity index is 0.954. The lowest BCUT2D eigenvalue weighted by Gasteiger charge is -2.46. The molecule has 5 heterocycles. The van der Waals surface area contributed by atoms with Crippen LogP contribution < -0.4 is 25.5 Å². The predicted molar refractivity (Wildman–Crippen MR) is 466 cm³/mol. The van der Waals surface area contributed by atoms with Crippen LogP contribution in [0.4, 0.5) is 34.1 Å². The van der Waals surface area contributed by atoms with E-state index in [-0.39, 0.29) is 29.0 Å². The molecule has 0 N–H and O–H groups in total. The summed E-state index contributed by atoms with van der Waals surface area (Å²) in [4.78, 5) is 5.08. The van der Waals surface area contributed by atoms with Crippen LogP contribution in [0.1, 0.15) is 83.1 Å². The third kappa shape index (κ3) is 9.68. The number of para-hydroxylation sites is 3. The van der Waals surface area contributed by atoms with Gasteiger partial charge in [0.25, 0.3) is 6.71 Å². The number of anilines is 6. The first kappa shape index (κ1) is 61.0. The SMILES string of the molecule is [2H]c1c([2H])c(-n2c3ccccc3c3ccccc32)c([2H])c2c1B1c3sc4cc(-n5c6ccccc6c6c7ccc8cccc9ccc(cc65)c7c98)ccc4c3N(c3c(-c4ccccc4)cc(C(C)(C)C)cc3-c3ccccc3)c3cc(C(C)(C)C)cc(c31)N2c1c(-c2ccccc2)cc(C(C)(C)C)cc1-c1ccccc1. The third-order valence-corrected chi connectivity index (χ3v) is 24.5. The highest BCUT2D eigenvalue weighted by Gasteiger charge is 2.48. The number of nitrogens with zero attached hydrogens (tertiary/aromatic N) is 4. The Morgan fingerprint density at radius 3 is 1.28 bits per heavy atom. The largest absolute Gasteiger partial charge is 0.310 e. The van der Waals surface area contributed by atoms with E-state index in [9.17, 15) is 4.11 Å². The van der Waals surface area contributed by atoms with Gasteiger partial charge < -0.3 is 18.9 Å². The molecule has 19 aromatic rings. The minimum atomic E-state index is -0.669. The normalized spacial score (nSPS) is 13.6. The van der Waals surface area contributed by atoms with Crippen LogP contribution in [0.3, 0.4) is 0 Å². The molecule has 4 nitrogen and oxygen atoms in total. The van der Waals surface area contributed by atoms with Crippen molar-refractivity contribution in [3.8, 4) is 55.9 Å². The lowest BCUT2D eigenvalue weighted by molar-refractivity contribution is 0.590. The first-order chi connectivity index (χ1) is 53.8. The van der Waals surface area contributed by atoms with Gasteiger partial charge in [0.05, 0.1) is 43.2 Å². The van der Waals surface area contributed by atoms with Gasteiger partial charge in [0.1, 0.15) is 0 Å². The average molecular weight is 1410 g/mol. The van der Waals surface area contributed by atoms with Crippen LogP contribution in [0.5, 0.6) is 0 Å². The van der Waals surface area contributed by atoms with Crippen LogP contribution >= 0.6 is 11.3 Å². The maximum atomic E-state index is 11.8. The molecular weight excluding hydrogens is 1320 g/mol. The van der Waals surface area contributed by atoms with E-state index in [1.54, 1.807) is 11.3 Å². The van der Waals surface area contributed by atoms with Gasteiger partial charge >= 0.3 is 0 Å². The van der Waals surface area contributed by atoms with Gasteiger partial charge in [-0.2, -0.15) is 0 Å². The molecule has 0 atom stereocenters. The van der Waals surface area contributed by atoms with Crippen LogP contribution in [-0.2, 0) is 16.2 Å². The number of thiophene rings is 1. The second-order valence-electron chi connectivity index (χ2n) is 32.9. The summed E-state index contributed by atoms with van der Waals surface area (Å²) in [5.74, 6) is 0. The van der Waals surface area contributed by atoms with E-state index in [0.29, 0.717) is 16.8 Å². The summed E-state index contributed by atoms with van der Waals surface area (Å²) in [6.07, 6.45) is 0. The molecule has 0 spiro atoms. The van der Waals surface area contributed by atoms with Crippen LogP contribution in [-0.4, -0.2) is 15.8 Å². The zero-order valence-electron chi connectivity index (χ0n) is 65.1. The van der Waals surface area contributed by atoms with Crippen molar-refractivity contribution in [1.29, 1.82) is 0 Å². The van der Waals surface area contributed by atoms with Gasteiger partial charge in [0.2, 0.25) is 0 Å². The van der Waals surface area contributed by atoms with Gasteiger partial charge in [0.15, 0.2) is 0 Å². The number of hydrogen-bond acceptors (Lipinski definition) is 3. The summed E-state index contributed by atoms with van der Waals surface area (Å²) in [5.41, 5.74) is 23.4. The van der Waals surface area contributed by atoms with Crippen LogP contribution in [0.2, 0.25) is 0 Å². The van der Waals surface area contributed by atoms with Crippen molar-refractivity contribution < 1.29 is 4.11 Å². The van der Waals surface area contributed by atoms with Gasteiger partial charge in [-0.3, -0.25) is 0 Å². The van der Waals surface area contributed by atoms with E-state index >= 15 is 0 Å². The lowest BCUT2D eigenvalue weighted by Crippen LogP contribution is -2.60. The number of benzene rings is 16. The van der Waals surface area contributed by atoms with Gasteiger partial charge in [0, 0.05) is 87.1 Å².